The second kappa shape index (κ2) is 13.3. The predicted octanol–water partition coefficient (Wildman–Crippen LogP) is 5.82. The van der Waals surface area contributed by atoms with Gasteiger partial charge in [-0.1, -0.05) is 57.2 Å². The number of hydrogen-bond acceptors (Lipinski definition) is 7. The summed E-state index contributed by atoms with van der Waals surface area (Å²) in [4.78, 5) is 26.3. The number of anilines is 1. The molecule has 3 unspecified atom stereocenters. The Balaban J connectivity index is 1.54. The van der Waals surface area contributed by atoms with Crippen molar-refractivity contribution < 1.29 is 28.5 Å². The number of nitrogens with zero attached hydrogens (tertiary/aromatic N) is 1. The minimum absolute atomic E-state index is 0.00809. The van der Waals surface area contributed by atoms with Crippen molar-refractivity contribution >= 4 is 17.6 Å². The van der Waals surface area contributed by atoms with Gasteiger partial charge in [0.05, 0.1) is 11.3 Å². The van der Waals surface area contributed by atoms with Crippen LogP contribution in [0.1, 0.15) is 59.6 Å². The zero-order valence-electron chi connectivity index (χ0n) is 24.3. The van der Waals surface area contributed by atoms with Crippen LogP contribution in [-0.2, 0) is 32.0 Å². The highest BCUT2D eigenvalue weighted by Crippen LogP contribution is 2.37. The third-order valence-corrected chi connectivity index (χ3v) is 7.65. The normalized spacial score (nSPS) is 23.2. The summed E-state index contributed by atoms with van der Waals surface area (Å²) in [6.07, 6.45) is -0.822. The van der Waals surface area contributed by atoms with E-state index >= 15 is 0 Å². The number of Topliss-reactive ketones (excluding diaryl/α,β-unsaturated/α-hetero) is 1. The summed E-state index contributed by atoms with van der Waals surface area (Å²) in [7, 11) is 0. The van der Waals surface area contributed by atoms with E-state index in [9.17, 15) is 9.59 Å². The molecule has 1 saturated heterocycles. The Morgan fingerprint density at radius 3 is 2.31 bits per heavy atom. The molecule has 0 saturated carbocycles. The molecule has 2 aromatic carbocycles. The molecule has 0 bridgehead atoms. The number of rotatable bonds is 11. The molecule has 5 atom stereocenters. The Bertz CT molecular complexity index is 1110. The average molecular weight is 541 g/mol. The minimum Gasteiger partial charge on any atom is -0.462 e. The van der Waals surface area contributed by atoms with Gasteiger partial charge in [0.2, 0.25) is 6.29 Å². The number of hydrogen-bond donors (Lipinski definition) is 1. The molecule has 1 aliphatic heterocycles. The Morgan fingerprint density at radius 2 is 1.69 bits per heavy atom. The molecule has 2 N–H and O–H groups in total. The molecule has 8 heteroatoms. The molecule has 0 aromatic heterocycles. The summed E-state index contributed by atoms with van der Waals surface area (Å²) in [6, 6.07) is 15.4. The number of amides is 1. The first-order chi connectivity index (χ1) is 18.4. The number of carbonyl (C=O) groups excluding carboxylic acids is 2. The molecular formula is C31H44N2O6. The second-order valence-electron chi connectivity index (χ2n) is 11.2. The van der Waals surface area contributed by atoms with Gasteiger partial charge in [0.25, 0.3) is 0 Å². The lowest BCUT2D eigenvalue weighted by atomic mass is 9.78. The van der Waals surface area contributed by atoms with Crippen molar-refractivity contribution in [2.24, 2.45) is 17.8 Å². The van der Waals surface area contributed by atoms with Crippen molar-refractivity contribution in [1.82, 2.24) is 4.90 Å². The minimum atomic E-state index is -0.583. The molecule has 0 aliphatic carbocycles. The van der Waals surface area contributed by atoms with E-state index in [1.54, 1.807) is 25.1 Å². The molecule has 214 valence electrons. The quantitative estimate of drug-likeness (QED) is 0.283. The summed E-state index contributed by atoms with van der Waals surface area (Å²) in [5.41, 5.74) is 8.14. The summed E-state index contributed by atoms with van der Waals surface area (Å²) < 4.78 is 23.7. The highest BCUT2D eigenvalue weighted by Gasteiger charge is 2.42. The van der Waals surface area contributed by atoms with Crippen LogP contribution in [0.4, 0.5) is 10.5 Å². The zero-order chi connectivity index (χ0) is 28.7. The molecule has 1 fully saturated rings. The fourth-order valence-corrected chi connectivity index (χ4v) is 4.82. The van der Waals surface area contributed by atoms with Crippen molar-refractivity contribution in [3.05, 3.63) is 59.7 Å². The van der Waals surface area contributed by atoms with Crippen LogP contribution in [0.3, 0.4) is 0 Å². The van der Waals surface area contributed by atoms with Crippen LogP contribution in [0, 0.1) is 17.8 Å². The monoisotopic (exact) mass is 540 g/mol. The number of ketones is 1. The van der Waals surface area contributed by atoms with Gasteiger partial charge in [0.15, 0.2) is 5.78 Å². The molecule has 0 spiro atoms. The van der Waals surface area contributed by atoms with Gasteiger partial charge >= 0.3 is 6.09 Å². The maximum absolute atomic E-state index is 12.7. The third-order valence-electron chi connectivity index (χ3n) is 7.65. The summed E-state index contributed by atoms with van der Waals surface area (Å²) in [5, 5.41) is 0. The summed E-state index contributed by atoms with van der Waals surface area (Å²) in [6.45, 7) is 14.3. The van der Waals surface area contributed by atoms with E-state index in [2.05, 4.69) is 26.0 Å². The Labute approximate surface area is 232 Å². The van der Waals surface area contributed by atoms with E-state index in [1.165, 1.54) is 10.5 Å². The molecule has 8 nitrogen and oxygen atoms in total. The largest absolute Gasteiger partial charge is 0.462 e. The Morgan fingerprint density at radius 1 is 1.00 bits per heavy atom. The lowest BCUT2D eigenvalue weighted by molar-refractivity contribution is -0.209. The maximum atomic E-state index is 12.7. The van der Waals surface area contributed by atoms with Crippen LogP contribution in [0.5, 0.6) is 5.75 Å². The Kier molecular flexibility index (Phi) is 10.4. The van der Waals surface area contributed by atoms with Crippen LogP contribution in [0.25, 0.3) is 0 Å². The van der Waals surface area contributed by atoms with Gasteiger partial charge in [-0.15, -0.1) is 0 Å². The molecule has 39 heavy (non-hydrogen) atoms. The summed E-state index contributed by atoms with van der Waals surface area (Å²) in [5.74, 6) is 0.888. The Hall–Kier alpha value is -3.10. The van der Waals surface area contributed by atoms with Gasteiger partial charge in [0.1, 0.15) is 25.2 Å². The third kappa shape index (κ3) is 8.19. The molecule has 0 radical (unpaired) electrons. The lowest BCUT2D eigenvalue weighted by Gasteiger charge is -2.42. The average Bonchev–Trinajstić information content (AvgIpc) is 2.89. The second-order valence-corrected chi connectivity index (χ2v) is 11.2. The summed E-state index contributed by atoms with van der Waals surface area (Å²) >= 11 is 0. The molecule has 1 amide bonds. The number of benzene rings is 2. The van der Waals surface area contributed by atoms with E-state index in [4.69, 9.17) is 24.7 Å². The molecule has 2 aromatic rings. The van der Waals surface area contributed by atoms with Crippen LogP contribution in [0.15, 0.2) is 48.5 Å². The SMILES string of the molecule is CCN(COC(C)(C)Cc1ccccc1)C(=O)OCc1ccc(OC2OC(C(C)=O)C(C)[C@H](C)[C@@H]2C)c(N)c1. The maximum Gasteiger partial charge on any atom is 0.411 e. The first-order valence-corrected chi connectivity index (χ1v) is 13.7. The smallest absolute Gasteiger partial charge is 0.411 e. The number of carbonyl (C=O) groups is 2. The van der Waals surface area contributed by atoms with Crippen LogP contribution in [-0.4, -0.2) is 48.0 Å². The van der Waals surface area contributed by atoms with Gasteiger partial charge in [-0.3, -0.25) is 9.69 Å². The standard InChI is InChI=1S/C31H44N2O6/c1-8-33(19-37-31(6,7)17-24-12-10-9-11-13-24)30(35)36-18-25-14-15-27(26(32)16-25)38-29-22(4)20(2)21(3)28(39-29)23(5)34/h9-16,20-22,28-29H,8,17-19,32H2,1-7H3/t20-,21?,22-,28?,29?/m0/s1. The molecule has 3 rings (SSSR count). The molecular weight excluding hydrogens is 496 g/mol. The van der Waals surface area contributed by atoms with E-state index in [0.717, 1.165) is 12.0 Å². The van der Waals surface area contributed by atoms with Gasteiger partial charge in [-0.25, -0.2) is 4.79 Å². The van der Waals surface area contributed by atoms with Gasteiger partial charge < -0.3 is 24.7 Å². The van der Waals surface area contributed by atoms with E-state index in [1.807, 2.05) is 45.9 Å². The highest BCUT2D eigenvalue weighted by molar-refractivity contribution is 5.80. The molecule has 1 aliphatic rings. The number of ether oxygens (including phenoxy) is 4. The zero-order valence-corrected chi connectivity index (χ0v) is 24.3. The highest BCUT2D eigenvalue weighted by atomic mass is 16.7. The number of nitrogen functional groups attached to an aromatic ring is 1. The van der Waals surface area contributed by atoms with E-state index in [0.29, 0.717) is 18.0 Å². The van der Waals surface area contributed by atoms with Crippen molar-refractivity contribution in [1.29, 1.82) is 0 Å². The fourth-order valence-electron chi connectivity index (χ4n) is 4.82. The lowest BCUT2D eigenvalue weighted by Crippen LogP contribution is -2.49. The van der Waals surface area contributed by atoms with Crippen molar-refractivity contribution in [3.63, 3.8) is 0 Å². The first kappa shape index (κ1) is 30.4. The first-order valence-electron chi connectivity index (χ1n) is 13.7. The van der Waals surface area contributed by atoms with E-state index < -0.39 is 24.1 Å². The van der Waals surface area contributed by atoms with Crippen molar-refractivity contribution in [3.8, 4) is 5.75 Å². The topological polar surface area (TPSA) is 100 Å². The van der Waals surface area contributed by atoms with Gasteiger partial charge in [-0.05, 0) is 62.8 Å². The predicted molar refractivity (Wildman–Crippen MR) is 151 cm³/mol. The number of nitrogens with two attached hydrogens (primary N) is 1. The van der Waals surface area contributed by atoms with E-state index in [-0.39, 0.29) is 36.9 Å². The fraction of sp³-hybridized carbons (Fsp3) is 0.548. The van der Waals surface area contributed by atoms with Crippen LogP contribution in [0.2, 0.25) is 0 Å². The molecule has 1 heterocycles. The van der Waals surface area contributed by atoms with Crippen LogP contribution < -0.4 is 10.5 Å². The van der Waals surface area contributed by atoms with Gasteiger partial charge in [0, 0.05) is 18.9 Å². The van der Waals surface area contributed by atoms with Crippen molar-refractivity contribution in [2.45, 2.75) is 79.5 Å². The van der Waals surface area contributed by atoms with Crippen molar-refractivity contribution in [2.75, 3.05) is 19.0 Å². The van der Waals surface area contributed by atoms with Crippen LogP contribution >= 0.6 is 0 Å². The van der Waals surface area contributed by atoms with Gasteiger partial charge in [-0.2, -0.15) is 0 Å².